The van der Waals surface area contributed by atoms with Gasteiger partial charge in [-0.05, 0) is 18.1 Å². The molecule has 1 aliphatic heterocycles. The Hall–Kier alpha value is -0.710. The molecule has 0 radical (unpaired) electrons. The van der Waals surface area contributed by atoms with Crippen LogP contribution in [0.5, 0.6) is 0 Å². The molecule has 0 fully saturated rings. The van der Waals surface area contributed by atoms with Crippen molar-refractivity contribution in [3.63, 3.8) is 0 Å². The number of rotatable bonds is 3. The second kappa shape index (κ2) is 4.21. The predicted molar refractivity (Wildman–Crippen MR) is 55.0 cm³/mol. The van der Waals surface area contributed by atoms with Crippen LogP contribution >= 0.6 is 0 Å². The zero-order valence-corrected chi connectivity index (χ0v) is 8.67. The topological polar surface area (TPSA) is 40.5 Å². The number of benzene rings is 1. The molecule has 4 heteroatoms. The molecule has 0 spiro atoms. The summed E-state index contributed by atoms with van der Waals surface area (Å²) in [4.78, 5) is 0.922. The van der Waals surface area contributed by atoms with Crippen LogP contribution in [0.2, 0.25) is 0 Å². The third kappa shape index (κ3) is 1.73. The molecule has 76 valence electrons. The average molecular weight is 211 g/mol. The molecule has 1 aliphatic rings. The summed E-state index contributed by atoms with van der Waals surface area (Å²) >= 11 is 0. The molecule has 1 unspecified atom stereocenters. The van der Waals surface area contributed by atoms with E-state index >= 15 is 0 Å². The van der Waals surface area contributed by atoms with E-state index in [2.05, 4.69) is 0 Å². The molecule has 1 aromatic carbocycles. The molecule has 0 saturated heterocycles. The van der Waals surface area contributed by atoms with Crippen molar-refractivity contribution >= 4 is 11.0 Å². The van der Waals surface area contributed by atoms with Gasteiger partial charge in [0.05, 0.1) is 4.90 Å². The molecule has 0 aliphatic carbocycles. The Morgan fingerprint density at radius 2 is 2.21 bits per heavy atom. The van der Waals surface area contributed by atoms with Crippen LogP contribution in [0.15, 0.2) is 29.2 Å². The summed E-state index contributed by atoms with van der Waals surface area (Å²) in [5, 5.41) is 8.70. The summed E-state index contributed by atoms with van der Waals surface area (Å²) in [7, 11) is -1.01. The van der Waals surface area contributed by atoms with Crippen LogP contribution in [0.25, 0.3) is 0 Å². The van der Waals surface area contributed by atoms with E-state index in [1.165, 1.54) is 0 Å². The lowest BCUT2D eigenvalue weighted by Gasteiger charge is -2.11. The number of aliphatic hydroxyl groups is 1. The van der Waals surface area contributed by atoms with Gasteiger partial charge < -0.3 is 5.11 Å². The van der Waals surface area contributed by atoms with E-state index in [1.807, 2.05) is 28.6 Å². The van der Waals surface area contributed by atoms with Gasteiger partial charge in [0.25, 0.3) is 0 Å². The van der Waals surface area contributed by atoms with Crippen LogP contribution in [0.1, 0.15) is 12.0 Å². The number of fused-ring (bicyclic) bond motifs is 1. The van der Waals surface area contributed by atoms with Gasteiger partial charge in [-0.1, -0.05) is 18.2 Å². The van der Waals surface area contributed by atoms with Gasteiger partial charge >= 0.3 is 0 Å². The minimum Gasteiger partial charge on any atom is -0.396 e. The van der Waals surface area contributed by atoms with E-state index < -0.39 is 11.0 Å². The van der Waals surface area contributed by atoms with Crippen LogP contribution in [0.3, 0.4) is 0 Å². The SMILES string of the molecule is O=S1c2ccccc2CN1CCCO. The first-order valence-electron chi connectivity index (χ1n) is 4.68. The van der Waals surface area contributed by atoms with Crippen LogP contribution < -0.4 is 0 Å². The van der Waals surface area contributed by atoms with Crippen molar-refractivity contribution in [2.75, 3.05) is 13.2 Å². The average Bonchev–Trinajstić information content (AvgIpc) is 2.54. The molecule has 0 bridgehead atoms. The minimum absolute atomic E-state index is 0.157. The zero-order valence-electron chi connectivity index (χ0n) is 7.85. The molecule has 1 aromatic rings. The van der Waals surface area contributed by atoms with Crippen molar-refractivity contribution in [2.24, 2.45) is 0 Å². The van der Waals surface area contributed by atoms with Gasteiger partial charge in [0.1, 0.15) is 11.0 Å². The summed E-state index contributed by atoms with van der Waals surface area (Å²) in [5.74, 6) is 0. The monoisotopic (exact) mass is 211 g/mol. The normalized spacial score (nSPS) is 21.1. The van der Waals surface area contributed by atoms with Crippen molar-refractivity contribution in [1.29, 1.82) is 0 Å². The predicted octanol–water partition coefficient (Wildman–Crippen LogP) is 0.907. The minimum atomic E-state index is -1.01. The van der Waals surface area contributed by atoms with Gasteiger partial charge in [-0.2, -0.15) is 0 Å². The van der Waals surface area contributed by atoms with Crippen molar-refractivity contribution in [2.45, 2.75) is 17.9 Å². The number of hydrogen-bond acceptors (Lipinski definition) is 2. The van der Waals surface area contributed by atoms with Crippen molar-refractivity contribution in [3.05, 3.63) is 29.8 Å². The smallest absolute Gasteiger partial charge is 0.128 e. The zero-order chi connectivity index (χ0) is 9.97. The molecule has 0 amide bonds. The Labute approximate surface area is 85.9 Å². The first-order valence-corrected chi connectivity index (χ1v) is 5.79. The molecule has 3 nitrogen and oxygen atoms in total. The third-order valence-corrected chi connectivity index (χ3v) is 3.86. The largest absolute Gasteiger partial charge is 0.396 e. The Morgan fingerprint density at radius 1 is 1.43 bits per heavy atom. The molecule has 0 aromatic heterocycles. The highest BCUT2D eigenvalue weighted by molar-refractivity contribution is 7.83. The van der Waals surface area contributed by atoms with E-state index in [4.69, 9.17) is 5.11 Å². The Morgan fingerprint density at radius 3 is 2.93 bits per heavy atom. The maximum atomic E-state index is 11.9. The molecule has 0 saturated carbocycles. The highest BCUT2D eigenvalue weighted by Gasteiger charge is 2.25. The van der Waals surface area contributed by atoms with E-state index in [-0.39, 0.29) is 6.61 Å². The molecule has 1 heterocycles. The Kier molecular flexibility index (Phi) is 2.96. The fourth-order valence-corrected chi connectivity index (χ4v) is 2.98. The lowest BCUT2D eigenvalue weighted by molar-refractivity contribution is 0.271. The molecule has 1 N–H and O–H groups in total. The number of aliphatic hydroxyl groups excluding tert-OH is 1. The Bertz CT molecular complexity index is 354. The quantitative estimate of drug-likeness (QED) is 0.807. The van der Waals surface area contributed by atoms with E-state index in [1.54, 1.807) is 0 Å². The van der Waals surface area contributed by atoms with Crippen molar-refractivity contribution in [1.82, 2.24) is 4.31 Å². The first kappa shape index (κ1) is 9.83. The van der Waals surface area contributed by atoms with Crippen molar-refractivity contribution in [3.8, 4) is 0 Å². The fourth-order valence-electron chi connectivity index (χ4n) is 1.60. The highest BCUT2D eigenvalue weighted by Crippen LogP contribution is 2.26. The summed E-state index contributed by atoms with van der Waals surface area (Å²) in [6, 6.07) is 7.79. The summed E-state index contributed by atoms with van der Waals surface area (Å²) in [6.45, 7) is 1.59. The summed E-state index contributed by atoms with van der Waals surface area (Å²) in [5.41, 5.74) is 1.14. The van der Waals surface area contributed by atoms with Gasteiger partial charge in [0.2, 0.25) is 0 Å². The maximum absolute atomic E-state index is 11.9. The third-order valence-electron chi connectivity index (χ3n) is 2.31. The highest BCUT2D eigenvalue weighted by atomic mass is 32.2. The molecule has 1 atom stereocenters. The van der Waals surface area contributed by atoms with Gasteiger partial charge in [-0.3, -0.25) is 0 Å². The second-order valence-corrected chi connectivity index (χ2v) is 4.75. The summed E-state index contributed by atoms with van der Waals surface area (Å²) < 4.78 is 13.7. The molecule has 14 heavy (non-hydrogen) atoms. The Balaban J connectivity index is 2.13. The van der Waals surface area contributed by atoms with Crippen LogP contribution in [0.4, 0.5) is 0 Å². The van der Waals surface area contributed by atoms with Crippen molar-refractivity contribution < 1.29 is 9.32 Å². The number of nitrogens with zero attached hydrogens (tertiary/aromatic N) is 1. The van der Waals surface area contributed by atoms with Crippen LogP contribution in [-0.4, -0.2) is 26.8 Å². The van der Waals surface area contributed by atoms with E-state index in [0.717, 1.165) is 17.0 Å². The van der Waals surface area contributed by atoms with Crippen LogP contribution in [-0.2, 0) is 17.5 Å². The van der Waals surface area contributed by atoms with E-state index in [9.17, 15) is 4.21 Å². The molecular weight excluding hydrogens is 198 g/mol. The van der Waals surface area contributed by atoms with E-state index in [0.29, 0.717) is 13.0 Å². The first-order chi connectivity index (χ1) is 6.83. The standard InChI is InChI=1S/C10H13NO2S/c12-7-3-6-11-8-9-4-1-2-5-10(9)14(11)13/h1-2,4-5,12H,3,6-8H2. The lowest BCUT2D eigenvalue weighted by atomic mass is 10.2. The summed E-state index contributed by atoms with van der Waals surface area (Å²) in [6.07, 6.45) is 0.680. The maximum Gasteiger partial charge on any atom is 0.128 e. The van der Waals surface area contributed by atoms with Gasteiger partial charge in [-0.25, -0.2) is 8.51 Å². The van der Waals surface area contributed by atoms with Gasteiger partial charge in [-0.15, -0.1) is 0 Å². The molecular formula is C10H13NO2S. The second-order valence-electron chi connectivity index (χ2n) is 3.30. The lowest BCUT2D eigenvalue weighted by Crippen LogP contribution is -2.21. The van der Waals surface area contributed by atoms with Crippen LogP contribution in [0, 0.1) is 0 Å². The van der Waals surface area contributed by atoms with Gasteiger partial charge in [0.15, 0.2) is 0 Å². The molecule has 2 rings (SSSR count). The number of hydrogen-bond donors (Lipinski definition) is 1. The van der Waals surface area contributed by atoms with Gasteiger partial charge in [0, 0.05) is 19.7 Å². The fraction of sp³-hybridized carbons (Fsp3) is 0.400.